The van der Waals surface area contributed by atoms with Gasteiger partial charge in [-0.3, -0.25) is 14.8 Å². The number of nitrogens with one attached hydrogen (secondary N) is 2. The van der Waals surface area contributed by atoms with Crippen molar-refractivity contribution in [3.05, 3.63) is 58.1 Å². The number of nitro benzene ring substituents is 1. The van der Waals surface area contributed by atoms with E-state index in [9.17, 15) is 26.9 Å². The molecule has 0 unspecified atom stereocenters. The van der Waals surface area contributed by atoms with Gasteiger partial charge in [-0.2, -0.15) is 0 Å². The van der Waals surface area contributed by atoms with Gasteiger partial charge >= 0.3 is 0 Å². The molecule has 2 aromatic carbocycles. The third kappa shape index (κ3) is 4.13. The Morgan fingerprint density at radius 3 is 2.08 bits per heavy atom. The third-order valence-corrected chi connectivity index (χ3v) is 6.31. The van der Waals surface area contributed by atoms with Crippen LogP contribution in [0.5, 0.6) is 0 Å². The second kappa shape index (κ2) is 6.78. The van der Waals surface area contributed by atoms with Crippen molar-refractivity contribution in [2.45, 2.75) is 16.7 Å². The van der Waals surface area contributed by atoms with E-state index in [-0.39, 0.29) is 21.2 Å². The van der Waals surface area contributed by atoms with Crippen molar-refractivity contribution in [1.82, 2.24) is 4.72 Å². The summed E-state index contributed by atoms with van der Waals surface area (Å²) in [5.41, 5.74) is 0.266. The fourth-order valence-electron chi connectivity index (χ4n) is 2.02. The molecule has 0 aliphatic carbocycles. The van der Waals surface area contributed by atoms with Crippen molar-refractivity contribution in [2.24, 2.45) is 0 Å². The number of hydrogen-bond acceptors (Lipinski definition) is 6. The zero-order chi connectivity index (χ0) is 18.8. The van der Waals surface area contributed by atoms with E-state index in [1.807, 2.05) is 0 Å². The van der Waals surface area contributed by atoms with Crippen LogP contribution in [0, 0.1) is 17.0 Å². The Labute approximate surface area is 144 Å². The van der Waals surface area contributed by atoms with E-state index in [4.69, 9.17) is 0 Å². The van der Waals surface area contributed by atoms with Gasteiger partial charge in [0.15, 0.2) is 0 Å². The van der Waals surface area contributed by atoms with Crippen molar-refractivity contribution >= 4 is 31.4 Å². The van der Waals surface area contributed by atoms with E-state index < -0.39 is 25.0 Å². The molecule has 0 radical (unpaired) electrons. The first kappa shape index (κ1) is 18.8. The maximum atomic E-state index is 12.4. The number of anilines is 1. The molecular formula is C14H15N3O6S2. The zero-order valence-corrected chi connectivity index (χ0v) is 14.9. The molecule has 2 aromatic rings. The number of non-ortho nitro benzene ring substituents is 1. The van der Waals surface area contributed by atoms with E-state index in [1.54, 1.807) is 6.92 Å². The van der Waals surface area contributed by atoms with Gasteiger partial charge in [-0.05, 0) is 43.8 Å². The highest BCUT2D eigenvalue weighted by Gasteiger charge is 2.19. The maximum absolute atomic E-state index is 12.4. The number of nitrogens with zero attached hydrogens (tertiary/aromatic N) is 1. The molecule has 0 atom stereocenters. The van der Waals surface area contributed by atoms with Crippen LogP contribution in [-0.2, 0) is 20.0 Å². The van der Waals surface area contributed by atoms with Gasteiger partial charge in [0, 0.05) is 12.1 Å². The Morgan fingerprint density at radius 2 is 1.56 bits per heavy atom. The average molecular weight is 385 g/mol. The Bertz CT molecular complexity index is 1020. The van der Waals surface area contributed by atoms with Gasteiger partial charge in [0.1, 0.15) is 0 Å². The smallest absolute Gasteiger partial charge is 0.269 e. The fourth-order valence-corrected chi connectivity index (χ4v) is 4.07. The van der Waals surface area contributed by atoms with Crippen molar-refractivity contribution < 1.29 is 21.8 Å². The molecule has 2 rings (SSSR count). The monoisotopic (exact) mass is 385 g/mol. The lowest BCUT2D eigenvalue weighted by Crippen LogP contribution is -2.20. The quantitative estimate of drug-likeness (QED) is 0.573. The highest BCUT2D eigenvalue weighted by molar-refractivity contribution is 7.92. The van der Waals surface area contributed by atoms with E-state index in [0.29, 0.717) is 5.56 Å². The topological polar surface area (TPSA) is 135 Å². The highest BCUT2D eigenvalue weighted by atomic mass is 32.2. The SMILES string of the molecule is CNS(=O)(=O)c1cc(NS(=O)(=O)c2ccc([N+](=O)[O-])cc2)ccc1C. The molecule has 25 heavy (non-hydrogen) atoms. The molecular weight excluding hydrogens is 370 g/mol. The summed E-state index contributed by atoms with van der Waals surface area (Å²) >= 11 is 0. The van der Waals surface area contributed by atoms with Gasteiger partial charge in [-0.15, -0.1) is 0 Å². The van der Waals surface area contributed by atoms with Crippen LogP contribution in [0.2, 0.25) is 0 Å². The fraction of sp³-hybridized carbons (Fsp3) is 0.143. The van der Waals surface area contributed by atoms with Crippen LogP contribution < -0.4 is 9.44 Å². The van der Waals surface area contributed by atoms with Crippen LogP contribution in [-0.4, -0.2) is 28.8 Å². The first-order valence-corrected chi connectivity index (χ1v) is 9.85. The molecule has 0 aromatic heterocycles. The van der Waals surface area contributed by atoms with Gasteiger partial charge in [-0.1, -0.05) is 6.07 Å². The van der Waals surface area contributed by atoms with E-state index in [1.165, 1.54) is 25.2 Å². The van der Waals surface area contributed by atoms with Crippen molar-refractivity contribution in [3.63, 3.8) is 0 Å². The molecule has 0 amide bonds. The lowest BCUT2D eigenvalue weighted by Gasteiger charge is -2.11. The predicted octanol–water partition coefficient (Wildman–Crippen LogP) is 1.61. The third-order valence-electron chi connectivity index (χ3n) is 3.36. The standard InChI is InChI=1S/C14H15N3O6S2/c1-10-3-4-11(9-14(10)25(22,23)15-2)16-24(20,21)13-7-5-12(6-8-13)17(18)19/h3-9,15-16H,1-2H3. The number of nitro groups is 1. The van der Waals surface area contributed by atoms with Crippen LogP contribution in [0.25, 0.3) is 0 Å². The minimum Gasteiger partial charge on any atom is -0.280 e. The molecule has 2 N–H and O–H groups in total. The van der Waals surface area contributed by atoms with E-state index >= 15 is 0 Å². The molecule has 0 heterocycles. The summed E-state index contributed by atoms with van der Waals surface area (Å²) in [6, 6.07) is 8.43. The molecule has 0 bridgehead atoms. The zero-order valence-electron chi connectivity index (χ0n) is 13.3. The van der Waals surface area contributed by atoms with Gasteiger partial charge in [0.2, 0.25) is 10.0 Å². The normalized spacial score (nSPS) is 11.9. The number of rotatable bonds is 6. The number of aryl methyl sites for hydroxylation is 1. The number of benzene rings is 2. The summed E-state index contributed by atoms with van der Waals surface area (Å²) in [7, 11) is -6.52. The summed E-state index contributed by atoms with van der Waals surface area (Å²) in [5, 5.41) is 10.6. The summed E-state index contributed by atoms with van der Waals surface area (Å²) in [4.78, 5) is 9.74. The molecule has 134 valence electrons. The van der Waals surface area contributed by atoms with E-state index in [2.05, 4.69) is 9.44 Å². The van der Waals surface area contributed by atoms with Crippen LogP contribution in [0.4, 0.5) is 11.4 Å². The molecule has 11 heteroatoms. The van der Waals surface area contributed by atoms with Crippen LogP contribution in [0.1, 0.15) is 5.56 Å². The van der Waals surface area contributed by atoms with Crippen molar-refractivity contribution in [2.75, 3.05) is 11.8 Å². The number of hydrogen-bond donors (Lipinski definition) is 2. The molecule has 0 saturated carbocycles. The summed E-state index contributed by atoms with van der Waals surface area (Å²) in [6.07, 6.45) is 0. The molecule has 9 nitrogen and oxygen atoms in total. The Hall–Kier alpha value is -2.50. The number of sulfonamides is 2. The first-order chi connectivity index (χ1) is 11.6. The lowest BCUT2D eigenvalue weighted by atomic mass is 10.2. The first-order valence-electron chi connectivity index (χ1n) is 6.88. The summed E-state index contributed by atoms with van der Waals surface area (Å²) in [5.74, 6) is 0. The van der Waals surface area contributed by atoms with Crippen LogP contribution in [0.15, 0.2) is 52.3 Å². The van der Waals surface area contributed by atoms with Gasteiger partial charge in [0.25, 0.3) is 15.7 Å². The Kier molecular flexibility index (Phi) is 5.11. The highest BCUT2D eigenvalue weighted by Crippen LogP contribution is 2.23. The second-order valence-electron chi connectivity index (χ2n) is 5.04. The molecule has 0 aliphatic heterocycles. The maximum Gasteiger partial charge on any atom is 0.269 e. The summed E-state index contributed by atoms with van der Waals surface area (Å²) in [6.45, 7) is 1.58. The van der Waals surface area contributed by atoms with E-state index in [0.717, 1.165) is 24.3 Å². The van der Waals surface area contributed by atoms with Crippen molar-refractivity contribution in [1.29, 1.82) is 0 Å². The lowest BCUT2D eigenvalue weighted by molar-refractivity contribution is -0.384. The minimum atomic E-state index is -4.03. The second-order valence-corrected chi connectivity index (χ2v) is 8.58. The average Bonchev–Trinajstić information content (AvgIpc) is 2.56. The van der Waals surface area contributed by atoms with Crippen LogP contribution >= 0.6 is 0 Å². The molecule has 0 fully saturated rings. The van der Waals surface area contributed by atoms with Gasteiger partial charge in [0.05, 0.1) is 20.4 Å². The van der Waals surface area contributed by atoms with Crippen LogP contribution in [0.3, 0.4) is 0 Å². The Balaban J connectivity index is 2.38. The van der Waals surface area contributed by atoms with Gasteiger partial charge < -0.3 is 0 Å². The summed E-state index contributed by atoms with van der Waals surface area (Å²) < 4.78 is 53.0. The van der Waals surface area contributed by atoms with Crippen molar-refractivity contribution in [3.8, 4) is 0 Å². The predicted molar refractivity (Wildman–Crippen MR) is 91.3 cm³/mol. The minimum absolute atomic E-state index is 0.0535. The molecule has 0 aliphatic rings. The Morgan fingerprint density at radius 1 is 0.960 bits per heavy atom. The van der Waals surface area contributed by atoms with Gasteiger partial charge in [-0.25, -0.2) is 21.6 Å². The largest absolute Gasteiger partial charge is 0.280 e. The molecule has 0 saturated heterocycles. The molecule has 0 spiro atoms.